The fourth-order valence-electron chi connectivity index (χ4n) is 1.82. The predicted octanol–water partition coefficient (Wildman–Crippen LogP) is 0.640. The first-order valence-electron chi connectivity index (χ1n) is 6.02. The maximum atomic E-state index is 10.0. The summed E-state index contributed by atoms with van der Waals surface area (Å²) in [5, 5.41) is 10.5. The summed E-state index contributed by atoms with van der Waals surface area (Å²) in [6.07, 6.45) is -0.104. The number of aliphatic hydroxyl groups is 1. The summed E-state index contributed by atoms with van der Waals surface area (Å²) in [5.41, 5.74) is 0. The van der Waals surface area contributed by atoms with E-state index in [-0.39, 0.29) is 34.8 Å². The Balaban J connectivity index is 2.52. The zero-order chi connectivity index (χ0) is 12.3. The van der Waals surface area contributed by atoms with Crippen molar-refractivity contribution in [3.63, 3.8) is 0 Å². The molecule has 0 aromatic heterocycles. The molecule has 1 aliphatic rings. The van der Waals surface area contributed by atoms with E-state index in [0.717, 1.165) is 0 Å². The van der Waals surface area contributed by atoms with Crippen LogP contribution in [0.15, 0.2) is 0 Å². The van der Waals surface area contributed by atoms with Crippen LogP contribution in [0, 0.1) is 0 Å². The summed E-state index contributed by atoms with van der Waals surface area (Å²) in [7, 11) is 2.04. The molecule has 0 aliphatic carbocycles. The van der Waals surface area contributed by atoms with Gasteiger partial charge in [0, 0.05) is 5.15 Å². The van der Waals surface area contributed by atoms with Crippen molar-refractivity contribution < 1.29 is 14.6 Å². The molecule has 1 aliphatic heterocycles. The van der Waals surface area contributed by atoms with Crippen LogP contribution in [0.4, 0.5) is 0 Å². The molecule has 4 atom stereocenters. The lowest BCUT2D eigenvalue weighted by molar-refractivity contribution is -0.0654. The van der Waals surface area contributed by atoms with Crippen LogP contribution >= 0.6 is 11.8 Å². The van der Waals surface area contributed by atoms with E-state index in [4.69, 9.17) is 9.47 Å². The fraction of sp³-hybridized carbons (Fsp3) is 1.00. The summed E-state index contributed by atoms with van der Waals surface area (Å²) >= 11 is 1.77. The van der Waals surface area contributed by atoms with E-state index in [9.17, 15) is 5.11 Å². The highest BCUT2D eigenvalue weighted by molar-refractivity contribution is 8.02. The number of ether oxygens (including phenoxy) is 2. The van der Waals surface area contributed by atoms with Crippen LogP contribution in [0.2, 0.25) is 0 Å². The molecule has 2 unspecified atom stereocenters. The minimum Gasteiger partial charge on any atom is -0.390 e. The molecule has 16 heavy (non-hydrogen) atoms. The number of rotatable bonds is 5. The van der Waals surface area contributed by atoms with E-state index in [1.807, 2.05) is 35.5 Å². The third-order valence-corrected chi connectivity index (χ3v) is 4.06. The van der Waals surface area contributed by atoms with Crippen molar-refractivity contribution in [1.82, 2.24) is 0 Å². The van der Waals surface area contributed by atoms with Crippen molar-refractivity contribution in [2.75, 3.05) is 6.61 Å². The second-order valence-corrected chi connectivity index (χ2v) is 6.52. The molecule has 0 aromatic carbocycles. The van der Waals surface area contributed by atoms with Gasteiger partial charge in [-0.2, -0.15) is 11.8 Å². The van der Waals surface area contributed by atoms with Crippen molar-refractivity contribution in [3.8, 4) is 0 Å². The molecular weight excluding hydrogens is 223 g/mol. The summed E-state index contributed by atoms with van der Waals surface area (Å²) in [4.78, 5) is 0. The summed E-state index contributed by atoms with van der Waals surface area (Å²) in [6, 6.07) is 0. The van der Waals surface area contributed by atoms with Crippen LogP contribution in [-0.4, -0.2) is 54.4 Å². The molecule has 0 saturated carbocycles. The maximum absolute atomic E-state index is 10.0. The van der Waals surface area contributed by atoms with E-state index in [1.165, 1.54) is 0 Å². The van der Waals surface area contributed by atoms with Crippen LogP contribution in [0.3, 0.4) is 0 Å². The Bertz CT molecular complexity index is 213. The van der Waals surface area contributed by atoms with Gasteiger partial charge in [-0.25, -0.2) is 0 Å². The van der Waals surface area contributed by atoms with Gasteiger partial charge < -0.3 is 14.6 Å². The van der Waals surface area contributed by atoms with Crippen molar-refractivity contribution in [2.24, 2.45) is 0 Å². The second-order valence-electron chi connectivity index (χ2n) is 4.90. The molecule has 1 rings (SSSR count). The van der Waals surface area contributed by atoms with E-state index >= 15 is 0 Å². The van der Waals surface area contributed by atoms with Crippen molar-refractivity contribution in [1.29, 1.82) is 0 Å². The highest BCUT2D eigenvalue weighted by Crippen LogP contribution is 2.35. The molecule has 1 saturated heterocycles. The molecule has 0 bridgehead atoms. The average molecular weight is 246 g/mol. The van der Waals surface area contributed by atoms with Gasteiger partial charge in [0.15, 0.2) is 0 Å². The van der Waals surface area contributed by atoms with Gasteiger partial charge in [-0.05, 0) is 27.7 Å². The standard InChI is InChI=1S/C11H23BO3S/c1-6(2)14-5-8-10(15-7(3)4)9(13)11(12)16-8/h6-11,13H,5,12H2,1-4H3/t8-,9?,10?,11-/m1/s1. The predicted molar refractivity (Wildman–Crippen MR) is 70.8 cm³/mol. The van der Waals surface area contributed by atoms with Crippen LogP contribution in [0.25, 0.3) is 0 Å². The molecule has 1 fully saturated rings. The Morgan fingerprint density at radius 2 is 1.88 bits per heavy atom. The van der Waals surface area contributed by atoms with Crippen molar-refractivity contribution in [3.05, 3.63) is 0 Å². The summed E-state index contributed by atoms with van der Waals surface area (Å²) in [5.74, 6) is 0. The van der Waals surface area contributed by atoms with Gasteiger partial charge in [-0.1, -0.05) is 0 Å². The molecule has 0 radical (unpaired) electrons. The van der Waals surface area contributed by atoms with Gasteiger partial charge in [0.2, 0.25) is 0 Å². The second kappa shape index (κ2) is 6.29. The molecule has 3 nitrogen and oxygen atoms in total. The molecule has 5 heteroatoms. The third-order valence-electron chi connectivity index (χ3n) is 2.60. The number of hydrogen-bond donors (Lipinski definition) is 1. The Labute approximate surface area is 104 Å². The SMILES string of the molecule is B[C@@H]1S[C@H](COC(C)C)C(OC(C)C)C1O. The molecule has 1 heterocycles. The highest BCUT2D eigenvalue weighted by Gasteiger charge is 2.42. The maximum Gasteiger partial charge on any atom is 0.121 e. The lowest BCUT2D eigenvalue weighted by Crippen LogP contribution is -2.39. The van der Waals surface area contributed by atoms with Crippen molar-refractivity contribution in [2.45, 2.75) is 62.5 Å². The van der Waals surface area contributed by atoms with E-state index < -0.39 is 0 Å². The minimum absolute atomic E-state index is 0.0984. The largest absolute Gasteiger partial charge is 0.390 e. The molecule has 1 N–H and O–H groups in total. The molecule has 0 aromatic rings. The Kier molecular flexibility index (Phi) is 5.64. The van der Waals surface area contributed by atoms with Crippen LogP contribution in [0.1, 0.15) is 27.7 Å². The summed E-state index contributed by atoms with van der Waals surface area (Å²) < 4.78 is 11.4. The summed E-state index contributed by atoms with van der Waals surface area (Å²) in [6.45, 7) is 8.71. The van der Waals surface area contributed by atoms with E-state index in [2.05, 4.69) is 0 Å². The number of aliphatic hydroxyl groups excluding tert-OH is 1. The van der Waals surface area contributed by atoms with Gasteiger partial charge in [0.25, 0.3) is 0 Å². The quantitative estimate of drug-likeness (QED) is 0.722. The first-order chi connectivity index (χ1) is 7.41. The Morgan fingerprint density at radius 1 is 1.25 bits per heavy atom. The smallest absolute Gasteiger partial charge is 0.121 e. The Hall–Kier alpha value is 0.295. The zero-order valence-corrected chi connectivity index (χ0v) is 11.7. The normalized spacial score (nSPS) is 35.2. The molecule has 94 valence electrons. The van der Waals surface area contributed by atoms with Gasteiger partial charge in [0.05, 0.1) is 36.3 Å². The van der Waals surface area contributed by atoms with Gasteiger partial charge in [-0.15, -0.1) is 0 Å². The zero-order valence-electron chi connectivity index (χ0n) is 10.8. The van der Waals surface area contributed by atoms with Crippen molar-refractivity contribution >= 4 is 19.6 Å². The first kappa shape index (κ1) is 14.4. The first-order valence-corrected chi connectivity index (χ1v) is 6.96. The monoisotopic (exact) mass is 246 g/mol. The minimum atomic E-state index is -0.381. The van der Waals surface area contributed by atoms with Crippen LogP contribution in [0.5, 0.6) is 0 Å². The average Bonchev–Trinajstić information content (AvgIpc) is 2.42. The highest BCUT2D eigenvalue weighted by atomic mass is 32.2. The Morgan fingerprint density at radius 3 is 2.38 bits per heavy atom. The van der Waals surface area contributed by atoms with E-state index in [1.54, 1.807) is 11.8 Å². The van der Waals surface area contributed by atoms with E-state index in [0.29, 0.717) is 6.61 Å². The molecular formula is C11H23BO3S. The number of thioether (sulfide) groups is 1. The van der Waals surface area contributed by atoms with Crippen LogP contribution in [-0.2, 0) is 9.47 Å². The number of hydrogen-bond acceptors (Lipinski definition) is 4. The molecule has 0 amide bonds. The lowest BCUT2D eigenvalue weighted by Gasteiger charge is -2.24. The molecule has 0 spiro atoms. The van der Waals surface area contributed by atoms with Crippen LogP contribution < -0.4 is 0 Å². The van der Waals surface area contributed by atoms with Gasteiger partial charge >= 0.3 is 0 Å². The van der Waals surface area contributed by atoms with Gasteiger partial charge in [-0.3, -0.25) is 0 Å². The van der Waals surface area contributed by atoms with Gasteiger partial charge in [0.1, 0.15) is 7.85 Å². The third kappa shape index (κ3) is 3.95. The topological polar surface area (TPSA) is 38.7 Å². The fourth-order valence-corrected chi connectivity index (χ4v) is 3.23. The lowest BCUT2D eigenvalue weighted by atomic mass is 9.94.